The van der Waals surface area contributed by atoms with E-state index < -0.39 is 12.5 Å². The van der Waals surface area contributed by atoms with Gasteiger partial charge >= 0.3 is 6.55 Å². The molecular formula is C21H22F2N4O3. The maximum Gasteiger partial charge on any atom is 0.320 e. The molecule has 0 unspecified atom stereocenters. The predicted molar refractivity (Wildman–Crippen MR) is 109 cm³/mol. The van der Waals surface area contributed by atoms with E-state index in [1.54, 1.807) is 24.3 Å². The third-order valence-electron chi connectivity index (χ3n) is 4.19. The number of nitrogens with one attached hydrogen (secondary N) is 1. The van der Waals surface area contributed by atoms with Crippen molar-refractivity contribution in [3.05, 3.63) is 59.9 Å². The number of benzene rings is 2. The molecule has 0 atom stereocenters. The second-order valence-electron chi connectivity index (χ2n) is 6.54. The largest absolute Gasteiger partial charge is 0.492 e. The van der Waals surface area contributed by atoms with Gasteiger partial charge in [0.1, 0.15) is 18.1 Å². The lowest BCUT2D eigenvalue weighted by atomic mass is 10.2. The van der Waals surface area contributed by atoms with Crippen LogP contribution in [0.3, 0.4) is 0 Å². The minimum absolute atomic E-state index is 0.0156. The van der Waals surface area contributed by atoms with Crippen LogP contribution in [0.2, 0.25) is 0 Å². The molecule has 1 amide bonds. The molecular weight excluding hydrogens is 394 g/mol. The molecule has 9 heteroatoms. The smallest absolute Gasteiger partial charge is 0.320 e. The number of carbonyl (C=O) groups excluding carboxylic acids is 1. The molecule has 1 N–H and O–H groups in total. The van der Waals surface area contributed by atoms with Crippen LogP contribution in [0.5, 0.6) is 5.75 Å². The zero-order chi connectivity index (χ0) is 21.5. The molecule has 1 aromatic heterocycles. The van der Waals surface area contributed by atoms with Gasteiger partial charge in [-0.15, -0.1) is 0 Å². The van der Waals surface area contributed by atoms with Crippen LogP contribution in [0, 0.1) is 6.92 Å². The van der Waals surface area contributed by atoms with Crippen LogP contribution >= 0.6 is 0 Å². The van der Waals surface area contributed by atoms with Gasteiger partial charge in [-0.2, -0.15) is 8.78 Å². The molecule has 0 saturated heterocycles. The van der Waals surface area contributed by atoms with E-state index in [0.29, 0.717) is 24.2 Å². The van der Waals surface area contributed by atoms with Gasteiger partial charge in [0.05, 0.1) is 17.6 Å². The summed E-state index contributed by atoms with van der Waals surface area (Å²) in [6, 6.07) is 14.1. The Kier molecular flexibility index (Phi) is 6.95. The molecule has 30 heavy (non-hydrogen) atoms. The van der Waals surface area contributed by atoms with Crippen LogP contribution in [-0.4, -0.2) is 40.9 Å². The summed E-state index contributed by atoms with van der Waals surface area (Å²) in [7, 11) is 0. The second-order valence-corrected chi connectivity index (χ2v) is 6.54. The number of para-hydroxylation sites is 2. The number of aryl methyl sites for hydroxylation is 1. The van der Waals surface area contributed by atoms with Crippen molar-refractivity contribution in [2.75, 3.05) is 19.8 Å². The van der Waals surface area contributed by atoms with E-state index in [-0.39, 0.29) is 18.1 Å². The Bertz CT molecular complexity index is 1050. The summed E-state index contributed by atoms with van der Waals surface area (Å²) in [5.74, 6) is 0.308. The first-order chi connectivity index (χ1) is 14.5. The van der Waals surface area contributed by atoms with E-state index in [2.05, 4.69) is 15.5 Å². The average molecular weight is 416 g/mol. The Balaban J connectivity index is 1.49. The second kappa shape index (κ2) is 9.82. The molecule has 158 valence electrons. The number of imidazole rings is 1. The number of fused-ring (bicyclic) bond motifs is 1. The molecule has 0 fully saturated rings. The van der Waals surface area contributed by atoms with Gasteiger partial charge in [-0.3, -0.25) is 9.36 Å². The molecule has 3 rings (SSSR count). The molecule has 0 spiro atoms. The van der Waals surface area contributed by atoms with Crippen molar-refractivity contribution in [3.8, 4) is 5.75 Å². The Morgan fingerprint density at radius 3 is 2.80 bits per heavy atom. The average Bonchev–Trinajstić information content (AvgIpc) is 3.11. The van der Waals surface area contributed by atoms with E-state index in [4.69, 9.17) is 9.57 Å². The molecule has 2 aromatic carbocycles. The van der Waals surface area contributed by atoms with Crippen LogP contribution in [0.1, 0.15) is 24.9 Å². The van der Waals surface area contributed by atoms with E-state index in [1.165, 1.54) is 6.92 Å². The molecule has 3 aromatic rings. The van der Waals surface area contributed by atoms with Gasteiger partial charge in [0, 0.05) is 0 Å². The third kappa shape index (κ3) is 5.31. The Morgan fingerprint density at radius 1 is 1.23 bits per heavy atom. The van der Waals surface area contributed by atoms with E-state index in [1.807, 2.05) is 31.2 Å². The summed E-state index contributed by atoms with van der Waals surface area (Å²) in [6.45, 7) is 0.916. The summed E-state index contributed by atoms with van der Waals surface area (Å²) in [6.07, 6.45) is 0. The number of hydrogen-bond donors (Lipinski definition) is 1. The highest BCUT2D eigenvalue weighted by Crippen LogP contribution is 2.23. The van der Waals surface area contributed by atoms with Crippen LogP contribution < -0.4 is 10.1 Å². The first-order valence-electron chi connectivity index (χ1n) is 9.34. The fourth-order valence-electron chi connectivity index (χ4n) is 2.84. The van der Waals surface area contributed by atoms with Gasteiger partial charge in [0.25, 0.3) is 5.91 Å². The highest BCUT2D eigenvalue weighted by atomic mass is 19.3. The lowest BCUT2D eigenvalue weighted by molar-refractivity contribution is -0.125. The van der Waals surface area contributed by atoms with Crippen molar-refractivity contribution in [2.24, 2.45) is 5.16 Å². The molecule has 0 aliphatic carbocycles. The fourth-order valence-corrected chi connectivity index (χ4v) is 2.84. The van der Waals surface area contributed by atoms with Gasteiger partial charge < -0.3 is 14.9 Å². The number of halogens is 2. The van der Waals surface area contributed by atoms with E-state index in [9.17, 15) is 13.6 Å². The summed E-state index contributed by atoms with van der Waals surface area (Å²) in [5, 5.41) is 6.40. The van der Waals surface area contributed by atoms with Gasteiger partial charge in [-0.05, 0) is 43.7 Å². The number of aromatic nitrogens is 2. The number of ether oxygens (including phenoxy) is 1. The Labute approximate surface area is 172 Å². The monoisotopic (exact) mass is 416 g/mol. The van der Waals surface area contributed by atoms with Crippen LogP contribution in [0.4, 0.5) is 8.78 Å². The molecule has 0 aliphatic heterocycles. The predicted octanol–water partition coefficient (Wildman–Crippen LogP) is 3.68. The SMILES string of the molecule is CC(=NOCC(=O)NCCOc1cccc(C)c1)c1nc2ccccc2n1C(F)F. The van der Waals surface area contributed by atoms with Gasteiger partial charge in [-0.25, -0.2) is 4.98 Å². The molecule has 0 aliphatic rings. The summed E-state index contributed by atoms with van der Waals surface area (Å²) < 4.78 is 33.3. The first kappa shape index (κ1) is 21.2. The zero-order valence-corrected chi connectivity index (χ0v) is 16.6. The van der Waals surface area contributed by atoms with Crippen LogP contribution in [0.25, 0.3) is 11.0 Å². The number of oxime groups is 1. The first-order valence-corrected chi connectivity index (χ1v) is 9.34. The normalized spacial score (nSPS) is 11.7. The van der Waals surface area contributed by atoms with Crippen molar-refractivity contribution in [1.82, 2.24) is 14.9 Å². The highest BCUT2D eigenvalue weighted by Gasteiger charge is 2.19. The van der Waals surface area contributed by atoms with E-state index >= 15 is 0 Å². The number of rotatable bonds is 9. The number of nitrogens with zero attached hydrogens (tertiary/aromatic N) is 3. The van der Waals surface area contributed by atoms with E-state index in [0.717, 1.165) is 15.9 Å². The van der Waals surface area contributed by atoms with Crippen molar-refractivity contribution < 1.29 is 23.1 Å². The minimum atomic E-state index is -2.78. The number of carbonyl (C=O) groups is 1. The van der Waals surface area contributed by atoms with Crippen molar-refractivity contribution >= 4 is 22.7 Å². The molecule has 0 bridgehead atoms. The topological polar surface area (TPSA) is 77.7 Å². The molecule has 1 heterocycles. The molecule has 0 radical (unpaired) electrons. The van der Waals surface area contributed by atoms with Gasteiger partial charge in [-0.1, -0.05) is 29.4 Å². The Hall–Kier alpha value is -3.49. The summed E-state index contributed by atoms with van der Waals surface area (Å²) in [4.78, 5) is 21.0. The van der Waals surface area contributed by atoms with Crippen molar-refractivity contribution in [1.29, 1.82) is 0 Å². The number of amides is 1. The molecule has 7 nitrogen and oxygen atoms in total. The maximum atomic E-state index is 13.5. The summed E-state index contributed by atoms with van der Waals surface area (Å²) in [5.41, 5.74) is 1.94. The minimum Gasteiger partial charge on any atom is -0.492 e. The maximum absolute atomic E-state index is 13.5. The van der Waals surface area contributed by atoms with Crippen molar-refractivity contribution in [2.45, 2.75) is 20.4 Å². The number of alkyl halides is 2. The molecule has 0 saturated carbocycles. The highest BCUT2D eigenvalue weighted by molar-refractivity contribution is 5.98. The quantitative estimate of drug-likeness (QED) is 0.328. The Morgan fingerprint density at radius 2 is 2.03 bits per heavy atom. The fraction of sp³-hybridized carbons (Fsp3) is 0.286. The van der Waals surface area contributed by atoms with Crippen LogP contribution in [0.15, 0.2) is 53.7 Å². The summed E-state index contributed by atoms with van der Waals surface area (Å²) >= 11 is 0. The van der Waals surface area contributed by atoms with Crippen molar-refractivity contribution in [3.63, 3.8) is 0 Å². The lowest BCUT2D eigenvalue weighted by Gasteiger charge is -2.08. The zero-order valence-electron chi connectivity index (χ0n) is 16.6. The van der Waals surface area contributed by atoms with Gasteiger partial charge in [0.15, 0.2) is 12.4 Å². The third-order valence-corrected chi connectivity index (χ3v) is 4.19. The standard InChI is InChI=1S/C21H22F2N4O3/c1-14-6-5-7-16(12-14)29-11-10-24-19(28)13-30-26-15(2)20-25-17-8-3-4-9-18(17)27(20)21(22)23/h3-9,12,21H,10-11,13H2,1-2H3,(H,24,28). The number of hydrogen-bond acceptors (Lipinski definition) is 5. The lowest BCUT2D eigenvalue weighted by Crippen LogP contribution is -2.31. The van der Waals surface area contributed by atoms with Crippen LogP contribution in [-0.2, 0) is 9.63 Å². The van der Waals surface area contributed by atoms with Gasteiger partial charge in [0.2, 0.25) is 0 Å².